The molecule has 0 aromatic carbocycles. The summed E-state index contributed by atoms with van der Waals surface area (Å²) in [6.07, 6.45) is 4.16. The number of hydrogen-bond acceptors (Lipinski definition) is 4. The minimum Gasteiger partial charge on any atom is -0.354 e. The molecule has 21 heavy (non-hydrogen) atoms. The summed E-state index contributed by atoms with van der Waals surface area (Å²) in [5.74, 6) is 1.02. The lowest BCUT2D eigenvalue weighted by Gasteiger charge is -2.28. The van der Waals surface area contributed by atoms with E-state index in [9.17, 15) is 4.79 Å². The van der Waals surface area contributed by atoms with Gasteiger partial charge in [0.25, 0.3) is 0 Å². The van der Waals surface area contributed by atoms with E-state index in [4.69, 9.17) is 5.73 Å². The van der Waals surface area contributed by atoms with Crippen LogP contribution in [0.5, 0.6) is 0 Å². The normalized spacial score (nSPS) is 24.0. The summed E-state index contributed by atoms with van der Waals surface area (Å²) < 4.78 is 0. The molecule has 1 atom stereocenters. The number of amides is 1. The summed E-state index contributed by atoms with van der Waals surface area (Å²) >= 11 is 1.74. The van der Waals surface area contributed by atoms with Crippen LogP contribution in [0, 0.1) is 11.8 Å². The van der Waals surface area contributed by atoms with E-state index >= 15 is 0 Å². The summed E-state index contributed by atoms with van der Waals surface area (Å²) in [6, 6.07) is 4.45. The Balaban J connectivity index is 1.82. The van der Waals surface area contributed by atoms with Gasteiger partial charge in [0.05, 0.1) is 6.04 Å². The standard InChI is InChI=1S/C16H27N3OS/c1-19(2)14(15-4-3-9-21-15)11-18-16(20)13-7-5-12(10-17)6-8-13/h3-4,9,12-14H,5-8,10-11,17H2,1-2H3,(H,18,20). The summed E-state index contributed by atoms with van der Waals surface area (Å²) in [5, 5.41) is 5.23. The van der Waals surface area contributed by atoms with Gasteiger partial charge in [0.15, 0.2) is 0 Å². The van der Waals surface area contributed by atoms with Crippen molar-refractivity contribution in [1.29, 1.82) is 0 Å². The third kappa shape index (κ3) is 4.53. The third-order valence-corrected chi connectivity index (χ3v) is 5.49. The highest BCUT2D eigenvalue weighted by Gasteiger charge is 2.26. The predicted molar refractivity (Wildman–Crippen MR) is 88.3 cm³/mol. The van der Waals surface area contributed by atoms with Crippen molar-refractivity contribution in [3.8, 4) is 0 Å². The molecule has 1 fully saturated rings. The lowest BCUT2D eigenvalue weighted by Crippen LogP contribution is -2.39. The first kappa shape index (κ1) is 16.5. The third-order valence-electron chi connectivity index (χ3n) is 4.52. The fourth-order valence-corrected chi connectivity index (χ4v) is 3.94. The quantitative estimate of drug-likeness (QED) is 0.847. The van der Waals surface area contributed by atoms with Gasteiger partial charge in [-0.15, -0.1) is 11.3 Å². The summed E-state index contributed by atoms with van der Waals surface area (Å²) in [5.41, 5.74) is 5.71. The zero-order valence-corrected chi connectivity index (χ0v) is 13.9. The van der Waals surface area contributed by atoms with Crippen LogP contribution in [0.25, 0.3) is 0 Å². The number of thiophene rings is 1. The Bertz CT molecular complexity index is 425. The van der Waals surface area contributed by atoms with Gasteiger partial charge < -0.3 is 16.0 Å². The first-order chi connectivity index (χ1) is 10.1. The van der Waals surface area contributed by atoms with E-state index in [2.05, 4.69) is 41.8 Å². The van der Waals surface area contributed by atoms with Crippen LogP contribution in [0.1, 0.15) is 36.6 Å². The number of carbonyl (C=O) groups excluding carboxylic acids is 1. The number of carbonyl (C=O) groups is 1. The molecule has 1 unspecified atom stereocenters. The van der Waals surface area contributed by atoms with E-state index in [1.807, 2.05) is 0 Å². The van der Waals surface area contributed by atoms with Gasteiger partial charge in [-0.05, 0) is 63.7 Å². The van der Waals surface area contributed by atoms with Crippen molar-refractivity contribution in [3.05, 3.63) is 22.4 Å². The number of nitrogens with zero attached hydrogens (tertiary/aromatic N) is 1. The molecule has 1 aromatic rings. The smallest absolute Gasteiger partial charge is 0.223 e. The molecule has 0 radical (unpaired) electrons. The predicted octanol–water partition coefficient (Wildman–Crippen LogP) is 2.23. The van der Waals surface area contributed by atoms with Crippen molar-refractivity contribution in [1.82, 2.24) is 10.2 Å². The van der Waals surface area contributed by atoms with Crippen LogP contribution in [-0.2, 0) is 4.79 Å². The molecule has 118 valence electrons. The van der Waals surface area contributed by atoms with Crippen molar-refractivity contribution in [2.24, 2.45) is 17.6 Å². The van der Waals surface area contributed by atoms with Gasteiger partial charge >= 0.3 is 0 Å². The van der Waals surface area contributed by atoms with Crippen molar-refractivity contribution in [2.45, 2.75) is 31.7 Å². The van der Waals surface area contributed by atoms with Crippen molar-refractivity contribution in [2.75, 3.05) is 27.2 Å². The molecule has 1 aliphatic rings. The van der Waals surface area contributed by atoms with Gasteiger partial charge in [0, 0.05) is 17.3 Å². The second kappa shape index (κ2) is 7.92. The van der Waals surface area contributed by atoms with E-state index < -0.39 is 0 Å². The Labute approximate surface area is 131 Å². The number of rotatable bonds is 6. The number of nitrogens with two attached hydrogens (primary N) is 1. The second-order valence-electron chi connectivity index (χ2n) is 6.19. The Hall–Kier alpha value is -0.910. The average molecular weight is 309 g/mol. The van der Waals surface area contributed by atoms with Gasteiger partial charge in [0.2, 0.25) is 5.91 Å². The van der Waals surface area contributed by atoms with Gasteiger partial charge in [0.1, 0.15) is 0 Å². The van der Waals surface area contributed by atoms with Crippen LogP contribution in [0.4, 0.5) is 0 Å². The maximum Gasteiger partial charge on any atom is 0.223 e. The second-order valence-corrected chi connectivity index (χ2v) is 7.17. The topological polar surface area (TPSA) is 58.4 Å². The lowest BCUT2D eigenvalue weighted by molar-refractivity contribution is -0.126. The Kier molecular flexibility index (Phi) is 6.21. The lowest BCUT2D eigenvalue weighted by atomic mass is 9.81. The molecule has 0 bridgehead atoms. The molecular weight excluding hydrogens is 282 g/mol. The van der Waals surface area contributed by atoms with Crippen LogP contribution in [0.15, 0.2) is 17.5 Å². The SMILES string of the molecule is CN(C)C(CNC(=O)C1CCC(CN)CC1)c1cccs1. The molecule has 0 saturated heterocycles. The van der Waals surface area contributed by atoms with Crippen LogP contribution in [0.2, 0.25) is 0 Å². The highest BCUT2D eigenvalue weighted by Crippen LogP contribution is 2.28. The zero-order valence-electron chi connectivity index (χ0n) is 13.0. The monoisotopic (exact) mass is 309 g/mol. The van der Waals surface area contributed by atoms with Crippen molar-refractivity contribution >= 4 is 17.2 Å². The molecule has 1 saturated carbocycles. The van der Waals surface area contributed by atoms with Crippen molar-refractivity contribution in [3.63, 3.8) is 0 Å². The van der Waals surface area contributed by atoms with Crippen LogP contribution >= 0.6 is 11.3 Å². The Morgan fingerprint density at radius 3 is 2.67 bits per heavy atom. The summed E-state index contributed by atoms with van der Waals surface area (Å²) in [7, 11) is 4.12. The van der Waals surface area contributed by atoms with Crippen LogP contribution in [0.3, 0.4) is 0 Å². The molecule has 1 aliphatic carbocycles. The number of nitrogens with one attached hydrogen (secondary N) is 1. The largest absolute Gasteiger partial charge is 0.354 e. The molecule has 2 rings (SSSR count). The van der Waals surface area contributed by atoms with Crippen molar-refractivity contribution < 1.29 is 4.79 Å². The number of hydrogen-bond donors (Lipinski definition) is 2. The van der Waals surface area contributed by atoms with Gasteiger partial charge in [-0.2, -0.15) is 0 Å². The fraction of sp³-hybridized carbons (Fsp3) is 0.688. The highest BCUT2D eigenvalue weighted by atomic mass is 32.1. The Morgan fingerprint density at radius 2 is 2.14 bits per heavy atom. The molecule has 1 amide bonds. The maximum absolute atomic E-state index is 12.3. The number of likely N-dealkylation sites (N-methyl/N-ethyl adjacent to an activating group) is 1. The minimum atomic E-state index is 0.180. The van der Waals surface area contributed by atoms with Gasteiger partial charge in [-0.3, -0.25) is 4.79 Å². The minimum absolute atomic E-state index is 0.180. The Morgan fingerprint density at radius 1 is 1.43 bits per heavy atom. The molecular formula is C16H27N3OS. The molecule has 4 nitrogen and oxygen atoms in total. The highest BCUT2D eigenvalue weighted by molar-refractivity contribution is 7.10. The van der Waals surface area contributed by atoms with Crippen LogP contribution < -0.4 is 11.1 Å². The first-order valence-electron chi connectivity index (χ1n) is 7.79. The molecule has 3 N–H and O–H groups in total. The molecule has 5 heteroatoms. The molecule has 1 aromatic heterocycles. The van der Waals surface area contributed by atoms with E-state index in [0.717, 1.165) is 32.2 Å². The van der Waals surface area contributed by atoms with Gasteiger partial charge in [-0.25, -0.2) is 0 Å². The van der Waals surface area contributed by atoms with Crippen LogP contribution in [-0.4, -0.2) is 38.0 Å². The summed E-state index contributed by atoms with van der Waals surface area (Å²) in [4.78, 5) is 15.8. The van der Waals surface area contributed by atoms with E-state index in [-0.39, 0.29) is 17.9 Å². The maximum atomic E-state index is 12.3. The fourth-order valence-electron chi connectivity index (χ4n) is 3.02. The summed E-state index contributed by atoms with van der Waals surface area (Å²) in [6.45, 7) is 1.44. The van der Waals surface area contributed by atoms with E-state index in [1.54, 1.807) is 11.3 Å². The molecule has 0 spiro atoms. The zero-order chi connectivity index (χ0) is 15.2. The van der Waals surface area contributed by atoms with Gasteiger partial charge in [-0.1, -0.05) is 6.07 Å². The molecule has 1 heterocycles. The first-order valence-corrected chi connectivity index (χ1v) is 8.67. The van der Waals surface area contributed by atoms with E-state index in [0.29, 0.717) is 12.5 Å². The average Bonchev–Trinajstić information content (AvgIpc) is 3.01. The van der Waals surface area contributed by atoms with E-state index in [1.165, 1.54) is 4.88 Å². The molecule has 0 aliphatic heterocycles.